The molecule has 3 aromatic carbocycles. The molecule has 0 unspecified atom stereocenters. The summed E-state index contributed by atoms with van der Waals surface area (Å²) in [5.74, 6) is 1.36. The van der Waals surface area contributed by atoms with E-state index in [1.165, 1.54) is 11.1 Å². The number of benzene rings is 3. The number of para-hydroxylation sites is 1. The zero-order valence-electron chi connectivity index (χ0n) is 14.8. The summed E-state index contributed by atoms with van der Waals surface area (Å²) in [5, 5.41) is 7.72. The van der Waals surface area contributed by atoms with E-state index in [0.717, 1.165) is 28.1 Å². The van der Waals surface area contributed by atoms with Crippen LogP contribution in [0, 0.1) is 13.8 Å². The second-order valence-corrected chi connectivity index (χ2v) is 6.40. The number of aromatic nitrogens is 2. The standard InChI is InChI=1S/C22H20N4/c1-15-10-12-17(13-11-15)23-21-19-8-3-4-9-20(19)25-22(26-21)24-18-7-5-6-16(2)14-18/h3-14H,1-2H3,(H2,23,24,25,26). The molecule has 4 rings (SSSR count). The number of rotatable bonds is 4. The van der Waals surface area contributed by atoms with Crippen molar-refractivity contribution in [3.8, 4) is 0 Å². The molecule has 0 aliphatic rings. The number of hydrogen-bond donors (Lipinski definition) is 2. The SMILES string of the molecule is Cc1ccc(Nc2nc(Nc3cccc(C)c3)nc3ccccc23)cc1. The molecule has 0 aliphatic heterocycles. The van der Waals surface area contributed by atoms with Crippen LogP contribution in [0.15, 0.2) is 72.8 Å². The van der Waals surface area contributed by atoms with Crippen molar-refractivity contribution in [3.05, 3.63) is 83.9 Å². The van der Waals surface area contributed by atoms with Crippen LogP contribution >= 0.6 is 0 Å². The molecule has 0 saturated carbocycles. The van der Waals surface area contributed by atoms with Gasteiger partial charge in [-0.15, -0.1) is 0 Å². The third-order valence-corrected chi connectivity index (χ3v) is 4.19. The Bertz CT molecular complexity index is 1060. The van der Waals surface area contributed by atoms with Crippen molar-refractivity contribution in [2.24, 2.45) is 0 Å². The smallest absolute Gasteiger partial charge is 0.229 e. The summed E-state index contributed by atoms with van der Waals surface area (Å²) in [4.78, 5) is 9.36. The molecule has 4 heteroatoms. The second-order valence-electron chi connectivity index (χ2n) is 6.40. The van der Waals surface area contributed by atoms with Gasteiger partial charge in [0.15, 0.2) is 0 Å². The van der Waals surface area contributed by atoms with E-state index in [1.54, 1.807) is 0 Å². The largest absolute Gasteiger partial charge is 0.340 e. The second kappa shape index (κ2) is 6.84. The van der Waals surface area contributed by atoms with E-state index in [2.05, 4.69) is 65.9 Å². The lowest BCUT2D eigenvalue weighted by Crippen LogP contribution is -2.02. The zero-order chi connectivity index (χ0) is 17.9. The molecule has 26 heavy (non-hydrogen) atoms. The molecular weight excluding hydrogens is 320 g/mol. The minimum Gasteiger partial charge on any atom is -0.340 e. The first-order valence-corrected chi connectivity index (χ1v) is 8.61. The highest BCUT2D eigenvalue weighted by Gasteiger charge is 2.08. The van der Waals surface area contributed by atoms with Crippen LogP contribution in [0.2, 0.25) is 0 Å². The number of anilines is 4. The molecule has 1 heterocycles. The molecule has 4 aromatic rings. The average Bonchev–Trinajstić information content (AvgIpc) is 2.64. The van der Waals surface area contributed by atoms with Crippen LogP contribution in [0.4, 0.5) is 23.1 Å². The maximum Gasteiger partial charge on any atom is 0.229 e. The fourth-order valence-electron chi connectivity index (χ4n) is 2.85. The van der Waals surface area contributed by atoms with Gasteiger partial charge in [0.05, 0.1) is 5.52 Å². The Morgan fingerprint density at radius 3 is 2.27 bits per heavy atom. The molecule has 1 aromatic heterocycles. The first-order chi connectivity index (χ1) is 12.7. The van der Waals surface area contributed by atoms with Crippen molar-refractivity contribution in [1.29, 1.82) is 0 Å². The molecule has 0 amide bonds. The monoisotopic (exact) mass is 340 g/mol. The number of hydrogen-bond acceptors (Lipinski definition) is 4. The quantitative estimate of drug-likeness (QED) is 0.498. The highest BCUT2D eigenvalue weighted by atomic mass is 15.1. The maximum atomic E-state index is 4.71. The third-order valence-electron chi connectivity index (χ3n) is 4.19. The van der Waals surface area contributed by atoms with Gasteiger partial charge in [0.1, 0.15) is 5.82 Å². The van der Waals surface area contributed by atoms with Gasteiger partial charge in [-0.05, 0) is 55.8 Å². The summed E-state index contributed by atoms with van der Waals surface area (Å²) in [5.41, 5.74) is 5.29. The molecule has 4 nitrogen and oxygen atoms in total. The van der Waals surface area contributed by atoms with Crippen LogP contribution in [-0.4, -0.2) is 9.97 Å². The van der Waals surface area contributed by atoms with Crippen LogP contribution in [0.5, 0.6) is 0 Å². The lowest BCUT2D eigenvalue weighted by molar-refractivity contribution is 1.21. The molecule has 0 saturated heterocycles. The molecule has 0 radical (unpaired) electrons. The van der Waals surface area contributed by atoms with Gasteiger partial charge in [-0.25, -0.2) is 4.98 Å². The lowest BCUT2D eigenvalue weighted by Gasteiger charge is -2.12. The number of fused-ring (bicyclic) bond motifs is 1. The van der Waals surface area contributed by atoms with E-state index >= 15 is 0 Å². The van der Waals surface area contributed by atoms with Gasteiger partial charge in [-0.1, -0.05) is 42.0 Å². The summed E-state index contributed by atoms with van der Waals surface area (Å²) in [6, 6.07) is 24.5. The first kappa shape index (κ1) is 16.1. The summed E-state index contributed by atoms with van der Waals surface area (Å²) in [7, 11) is 0. The van der Waals surface area contributed by atoms with E-state index < -0.39 is 0 Å². The van der Waals surface area contributed by atoms with Gasteiger partial charge >= 0.3 is 0 Å². The van der Waals surface area contributed by atoms with Crippen molar-refractivity contribution in [1.82, 2.24) is 9.97 Å². The fraction of sp³-hybridized carbons (Fsp3) is 0.0909. The van der Waals surface area contributed by atoms with Gasteiger partial charge in [0.25, 0.3) is 0 Å². The van der Waals surface area contributed by atoms with Crippen LogP contribution < -0.4 is 10.6 Å². The van der Waals surface area contributed by atoms with E-state index in [9.17, 15) is 0 Å². The molecular formula is C22H20N4. The molecule has 0 spiro atoms. The zero-order valence-corrected chi connectivity index (χ0v) is 14.8. The Balaban J connectivity index is 1.74. The maximum absolute atomic E-state index is 4.71. The minimum atomic E-state index is 0.573. The van der Waals surface area contributed by atoms with Crippen molar-refractivity contribution >= 4 is 34.0 Å². The molecule has 2 N–H and O–H groups in total. The lowest BCUT2D eigenvalue weighted by atomic mass is 10.2. The van der Waals surface area contributed by atoms with Crippen molar-refractivity contribution in [2.45, 2.75) is 13.8 Å². The minimum absolute atomic E-state index is 0.573. The van der Waals surface area contributed by atoms with E-state index in [1.807, 2.05) is 36.4 Å². The fourth-order valence-corrected chi connectivity index (χ4v) is 2.85. The van der Waals surface area contributed by atoms with Gasteiger partial charge in [0.2, 0.25) is 5.95 Å². The average molecular weight is 340 g/mol. The number of nitrogens with one attached hydrogen (secondary N) is 2. The Morgan fingerprint density at radius 2 is 1.46 bits per heavy atom. The number of nitrogens with zero attached hydrogens (tertiary/aromatic N) is 2. The summed E-state index contributed by atoms with van der Waals surface area (Å²) in [6.07, 6.45) is 0. The van der Waals surface area contributed by atoms with Gasteiger partial charge in [0, 0.05) is 16.8 Å². The normalized spacial score (nSPS) is 10.7. The highest BCUT2D eigenvalue weighted by Crippen LogP contribution is 2.26. The Hall–Kier alpha value is -3.40. The third kappa shape index (κ3) is 3.49. The Labute approximate surface area is 152 Å². The van der Waals surface area contributed by atoms with Crippen molar-refractivity contribution in [3.63, 3.8) is 0 Å². The molecule has 0 bridgehead atoms. The van der Waals surface area contributed by atoms with E-state index in [4.69, 9.17) is 4.98 Å². The highest BCUT2D eigenvalue weighted by molar-refractivity contribution is 5.92. The number of aryl methyl sites for hydroxylation is 2. The van der Waals surface area contributed by atoms with Gasteiger partial charge in [-0.2, -0.15) is 4.98 Å². The van der Waals surface area contributed by atoms with Crippen molar-refractivity contribution in [2.75, 3.05) is 10.6 Å². The van der Waals surface area contributed by atoms with E-state index in [0.29, 0.717) is 5.95 Å². The Morgan fingerprint density at radius 1 is 0.654 bits per heavy atom. The summed E-state index contributed by atoms with van der Waals surface area (Å²) < 4.78 is 0. The van der Waals surface area contributed by atoms with Crippen LogP contribution in [0.1, 0.15) is 11.1 Å². The predicted octanol–water partition coefficient (Wildman–Crippen LogP) is 5.73. The topological polar surface area (TPSA) is 49.8 Å². The molecule has 0 atom stereocenters. The summed E-state index contributed by atoms with van der Waals surface area (Å²) in [6.45, 7) is 4.14. The molecule has 128 valence electrons. The Kier molecular flexibility index (Phi) is 4.23. The van der Waals surface area contributed by atoms with Gasteiger partial charge < -0.3 is 10.6 Å². The molecule has 0 fully saturated rings. The van der Waals surface area contributed by atoms with Crippen LogP contribution in [-0.2, 0) is 0 Å². The van der Waals surface area contributed by atoms with Crippen LogP contribution in [0.3, 0.4) is 0 Å². The van der Waals surface area contributed by atoms with Gasteiger partial charge in [-0.3, -0.25) is 0 Å². The van der Waals surface area contributed by atoms with Crippen LogP contribution in [0.25, 0.3) is 10.9 Å². The van der Waals surface area contributed by atoms with Crippen molar-refractivity contribution < 1.29 is 0 Å². The van der Waals surface area contributed by atoms with E-state index in [-0.39, 0.29) is 0 Å². The molecule has 0 aliphatic carbocycles. The predicted molar refractivity (Wildman–Crippen MR) is 108 cm³/mol. The first-order valence-electron chi connectivity index (χ1n) is 8.61. The summed E-state index contributed by atoms with van der Waals surface area (Å²) >= 11 is 0.